The van der Waals surface area contributed by atoms with Gasteiger partial charge in [0.25, 0.3) is 5.56 Å². The summed E-state index contributed by atoms with van der Waals surface area (Å²) in [7, 11) is 0. The van der Waals surface area contributed by atoms with Crippen LogP contribution in [0.1, 0.15) is 26.0 Å². The van der Waals surface area contributed by atoms with Gasteiger partial charge in [-0.05, 0) is 12.7 Å². The summed E-state index contributed by atoms with van der Waals surface area (Å²) in [4.78, 5) is 31.8. The minimum Gasteiger partial charge on any atom is -0.390 e. The van der Waals surface area contributed by atoms with Gasteiger partial charge in [-0.15, -0.1) is 0 Å². The molecule has 3 heterocycles. The maximum Gasteiger partial charge on any atom is 0.332 e. The molecular weight excluding hydrogens is 362 g/mol. The highest BCUT2D eigenvalue weighted by Gasteiger charge is 2.40. The van der Waals surface area contributed by atoms with Crippen molar-refractivity contribution in [1.29, 1.82) is 0 Å². The molecule has 0 radical (unpaired) electrons. The van der Waals surface area contributed by atoms with Crippen LogP contribution in [0, 0.1) is 0 Å². The SMILES string of the molecule is CCC(O)[C@@H]1C[C@@H](O)[C@H](n2c(=O)n(CCSC)c3c(=O)[nH]c(N)nc32)O1. The average molecular weight is 385 g/mol. The number of H-pyrrole nitrogens is 1. The molecule has 0 saturated carbocycles. The summed E-state index contributed by atoms with van der Waals surface area (Å²) in [5, 5.41) is 20.4. The fraction of sp³-hybridized carbons (Fsp3) is 0.667. The van der Waals surface area contributed by atoms with Crippen LogP contribution < -0.4 is 17.0 Å². The molecule has 1 saturated heterocycles. The number of aromatic nitrogens is 4. The molecule has 0 bridgehead atoms. The van der Waals surface area contributed by atoms with Gasteiger partial charge in [0, 0.05) is 18.7 Å². The molecule has 144 valence electrons. The second kappa shape index (κ2) is 7.43. The van der Waals surface area contributed by atoms with Crippen molar-refractivity contribution in [2.45, 2.75) is 50.8 Å². The normalized spacial score (nSPS) is 24.4. The number of fused-ring (bicyclic) bond motifs is 1. The van der Waals surface area contributed by atoms with Crippen molar-refractivity contribution in [1.82, 2.24) is 19.1 Å². The number of hydrogen-bond donors (Lipinski definition) is 4. The molecule has 1 fully saturated rings. The van der Waals surface area contributed by atoms with E-state index in [1.54, 1.807) is 6.92 Å². The number of aromatic amines is 1. The van der Waals surface area contributed by atoms with Gasteiger partial charge in [0.1, 0.15) is 6.10 Å². The maximum absolute atomic E-state index is 13.0. The molecule has 5 N–H and O–H groups in total. The quantitative estimate of drug-likeness (QED) is 0.508. The van der Waals surface area contributed by atoms with Crippen LogP contribution in [0.5, 0.6) is 0 Å². The van der Waals surface area contributed by atoms with E-state index in [0.29, 0.717) is 18.7 Å². The Hall–Kier alpha value is -1.82. The van der Waals surface area contributed by atoms with Crippen molar-refractivity contribution in [3.63, 3.8) is 0 Å². The number of aliphatic hydroxyl groups excluding tert-OH is 2. The smallest absolute Gasteiger partial charge is 0.332 e. The predicted molar refractivity (Wildman–Crippen MR) is 98.2 cm³/mol. The van der Waals surface area contributed by atoms with E-state index in [9.17, 15) is 19.8 Å². The van der Waals surface area contributed by atoms with Crippen molar-refractivity contribution >= 4 is 28.9 Å². The van der Waals surface area contributed by atoms with Gasteiger partial charge in [0.05, 0.1) is 12.2 Å². The predicted octanol–water partition coefficient (Wildman–Crippen LogP) is -0.749. The molecule has 0 spiro atoms. The third-order valence-electron chi connectivity index (χ3n) is 4.57. The number of nitrogen functional groups attached to an aromatic ring is 1. The summed E-state index contributed by atoms with van der Waals surface area (Å²) in [6, 6.07) is 0. The van der Waals surface area contributed by atoms with E-state index in [1.807, 2.05) is 6.26 Å². The Labute approximate surface area is 153 Å². The van der Waals surface area contributed by atoms with Crippen molar-refractivity contribution < 1.29 is 14.9 Å². The monoisotopic (exact) mass is 385 g/mol. The standard InChI is InChI=1S/C15H23N5O5S/c1-3-7(21)9-6-8(22)13(25-9)20-11-10(12(23)18-14(16)17-11)19(15(20)24)4-5-26-2/h7-9,13,21-22H,3-6H2,1-2H3,(H3,16,17,18,23)/t7?,8-,9+,13-/m1/s1. The van der Waals surface area contributed by atoms with E-state index >= 15 is 0 Å². The zero-order chi connectivity index (χ0) is 19.0. The Morgan fingerprint density at radius 1 is 1.50 bits per heavy atom. The average Bonchev–Trinajstić information content (AvgIpc) is 3.09. The third-order valence-corrected chi connectivity index (χ3v) is 5.16. The van der Waals surface area contributed by atoms with Gasteiger partial charge >= 0.3 is 5.69 Å². The van der Waals surface area contributed by atoms with Crippen molar-refractivity contribution in [2.75, 3.05) is 17.7 Å². The first kappa shape index (κ1) is 19.0. The van der Waals surface area contributed by atoms with E-state index in [-0.39, 0.29) is 23.5 Å². The third kappa shape index (κ3) is 3.15. The van der Waals surface area contributed by atoms with Crippen LogP contribution in [0.15, 0.2) is 9.59 Å². The summed E-state index contributed by atoms with van der Waals surface area (Å²) in [5.41, 5.74) is 4.77. The first-order valence-electron chi connectivity index (χ1n) is 8.40. The fourth-order valence-electron chi connectivity index (χ4n) is 3.24. The fourth-order valence-corrected chi connectivity index (χ4v) is 3.61. The minimum absolute atomic E-state index is 0.0630. The highest BCUT2D eigenvalue weighted by molar-refractivity contribution is 7.98. The van der Waals surface area contributed by atoms with Gasteiger partial charge in [-0.2, -0.15) is 16.7 Å². The van der Waals surface area contributed by atoms with Crippen LogP contribution in [-0.4, -0.2) is 59.6 Å². The Kier molecular flexibility index (Phi) is 5.42. The minimum atomic E-state index is -1.04. The Balaban J connectivity index is 2.15. The second-order valence-electron chi connectivity index (χ2n) is 6.26. The molecule has 0 aromatic carbocycles. The Morgan fingerprint density at radius 2 is 2.23 bits per heavy atom. The van der Waals surface area contributed by atoms with Crippen LogP contribution in [0.2, 0.25) is 0 Å². The Morgan fingerprint density at radius 3 is 2.88 bits per heavy atom. The molecular formula is C15H23N5O5S. The van der Waals surface area contributed by atoms with E-state index in [0.717, 1.165) is 4.57 Å². The zero-order valence-corrected chi connectivity index (χ0v) is 15.4. The lowest BCUT2D eigenvalue weighted by molar-refractivity contribution is -0.0759. The van der Waals surface area contributed by atoms with Crippen LogP contribution in [-0.2, 0) is 11.3 Å². The first-order chi connectivity index (χ1) is 12.4. The number of hydrogen-bond acceptors (Lipinski definition) is 8. The molecule has 4 atom stereocenters. The number of nitrogens with two attached hydrogens (primary N) is 1. The van der Waals surface area contributed by atoms with Crippen molar-refractivity contribution in [3.8, 4) is 0 Å². The van der Waals surface area contributed by atoms with Crippen molar-refractivity contribution in [2.24, 2.45) is 0 Å². The van der Waals surface area contributed by atoms with E-state index < -0.39 is 35.8 Å². The second-order valence-corrected chi connectivity index (χ2v) is 7.25. The number of nitrogens with zero attached hydrogens (tertiary/aromatic N) is 3. The number of aliphatic hydroxyl groups is 2. The summed E-state index contributed by atoms with van der Waals surface area (Å²) >= 11 is 1.53. The number of nitrogens with one attached hydrogen (secondary N) is 1. The molecule has 26 heavy (non-hydrogen) atoms. The van der Waals surface area contributed by atoms with Gasteiger partial charge in [-0.3, -0.25) is 14.3 Å². The number of thioether (sulfide) groups is 1. The van der Waals surface area contributed by atoms with Gasteiger partial charge < -0.3 is 20.7 Å². The molecule has 0 amide bonds. The molecule has 2 aromatic rings. The van der Waals surface area contributed by atoms with Gasteiger partial charge in [-0.1, -0.05) is 6.92 Å². The summed E-state index contributed by atoms with van der Waals surface area (Å²) in [6.07, 6.45) is -0.874. The lowest BCUT2D eigenvalue weighted by Gasteiger charge is -2.18. The molecule has 1 aliphatic rings. The van der Waals surface area contributed by atoms with Gasteiger partial charge in [0.2, 0.25) is 5.95 Å². The molecule has 2 aromatic heterocycles. The highest BCUT2D eigenvalue weighted by Crippen LogP contribution is 2.32. The number of imidazole rings is 1. The van der Waals surface area contributed by atoms with E-state index in [1.165, 1.54) is 16.3 Å². The van der Waals surface area contributed by atoms with Crippen LogP contribution in [0.4, 0.5) is 5.95 Å². The van der Waals surface area contributed by atoms with Crippen LogP contribution >= 0.6 is 11.8 Å². The molecule has 1 unspecified atom stereocenters. The molecule has 1 aliphatic heterocycles. The topological polar surface area (TPSA) is 148 Å². The molecule has 3 rings (SSSR count). The van der Waals surface area contributed by atoms with Crippen LogP contribution in [0.3, 0.4) is 0 Å². The molecule has 11 heteroatoms. The summed E-state index contributed by atoms with van der Waals surface area (Å²) < 4.78 is 8.23. The molecule has 10 nitrogen and oxygen atoms in total. The molecule has 0 aliphatic carbocycles. The highest BCUT2D eigenvalue weighted by atomic mass is 32.2. The number of aryl methyl sites for hydroxylation is 1. The van der Waals surface area contributed by atoms with E-state index in [4.69, 9.17) is 10.5 Å². The Bertz CT molecular complexity index is 906. The van der Waals surface area contributed by atoms with Crippen LogP contribution in [0.25, 0.3) is 11.2 Å². The van der Waals surface area contributed by atoms with Gasteiger partial charge in [-0.25, -0.2) is 9.36 Å². The lowest BCUT2D eigenvalue weighted by Crippen LogP contribution is -2.32. The number of anilines is 1. The number of ether oxygens (including phenoxy) is 1. The van der Waals surface area contributed by atoms with Crippen molar-refractivity contribution in [3.05, 3.63) is 20.8 Å². The summed E-state index contributed by atoms with van der Waals surface area (Å²) in [5.74, 6) is 0.490. The summed E-state index contributed by atoms with van der Waals surface area (Å²) in [6.45, 7) is 2.11. The van der Waals surface area contributed by atoms with Gasteiger partial charge in [0.15, 0.2) is 17.4 Å². The first-order valence-corrected chi connectivity index (χ1v) is 9.79. The largest absolute Gasteiger partial charge is 0.390 e. The maximum atomic E-state index is 13.0. The zero-order valence-electron chi connectivity index (χ0n) is 14.6. The number of rotatable bonds is 6. The lowest BCUT2D eigenvalue weighted by atomic mass is 10.1. The van der Waals surface area contributed by atoms with E-state index in [2.05, 4.69) is 9.97 Å².